The molecule has 23 heavy (non-hydrogen) atoms. The molecule has 0 aliphatic heterocycles. The Hall–Kier alpha value is -1.40. The molecule has 4 aromatic rings. The van der Waals surface area contributed by atoms with E-state index in [1.165, 1.54) is 44.2 Å². The summed E-state index contributed by atoms with van der Waals surface area (Å²) in [4.78, 5) is 3.41. The van der Waals surface area contributed by atoms with Gasteiger partial charge in [0.25, 0.3) is 0 Å². The molecule has 0 aliphatic rings. The van der Waals surface area contributed by atoms with Gasteiger partial charge in [-0.15, -0.1) is 0 Å². The van der Waals surface area contributed by atoms with Gasteiger partial charge in [-0.3, -0.25) is 3.97 Å². The maximum absolute atomic E-state index is 3.41. The molecule has 0 amide bonds. The first-order valence-electron chi connectivity index (χ1n) is 7.63. The molecular formula is C19H17IN2S. The summed E-state index contributed by atoms with van der Waals surface area (Å²) in [5.41, 5.74) is 7.95. The highest BCUT2D eigenvalue weighted by molar-refractivity contribution is 14.2. The van der Waals surface area contributed by atoms with E-state index in [0.717, 1.165) is 6.42 Å². The summed E-state index contributed by atoms with van der Waals surface area (Å²) in [6.45, 7) is 4.39. The van der Waals surface area contributed by atoms with Crippen LogP contribution in [0.15, 0.2) is 48.7 Å². The molecule has 4 rings (SSSR count). The van der Waals surface area contributed by atoms with Gasteiger partial charge in [0.2, 0.25) is 0 Å². The molecule has 2 aromatic heterocycles. The number of fused-ring (bicyclic) bond motifs is 2. The molecule has 0 spiro atoms. The van der Waals surface area contributed by atoms with Gasteiger partial charge < -0.3 is 4.98 Å². The Morgan fingerprint density at radius 3 is 2.74 bits per heavy atom. The van der Waals surface area contributed by atoms with Crippen molar-refractivity contribution in [3.63, 3.8) is 0 Å². The van der Waals surface area contributed by atoms with Crippen molar-refractivity contribution in [3.05, 3.63) is 71.0 Å². The van der Waals surface area contributed by atoms with Crippen molar-refractivity contribution in [2.45, 2.75) is 20.3 Å². The van der Waals surface area contributed by atoms with Gasteiger partial charge in [0.05, 0.1) is 5.52 Å². The van der Waals surface area contributed by atoms with E-state index in [-0.39, 0.29) is 0 Å². The summed E-state index contributed by atoms with van der Waals surface area (Å²) in [7, 11) is 1.75. The minimum absolute atomic E-state index is 0.944. The zero-order valence-corrected chi connectivity index (χ0v) is 16.0. The van der Waals surface area contributed by atoms with Crippen LogP contribution in [-0.2, 0) is 6.42 Å². The first-order chi connectivity index (χ1) is 11.2. The van der Waals surface area contributed by atoms with E-state index in [0.29, 0.717) is 0 Å². The van der Waals surface area contributed by atoms with Crippen LogP contribution in [0.5, 0.6) is 0 Å². The van der Waals surface area contributed by atoms with Crippen LogP contribution >= 0.6 is 30.3 Å². The lowest BCUT2D eigenvalue weighted by Crippen LogP contribution is -1.96. The van der Waals surface area contributed by atoms with E-state index >= 15 is 0 Å². The molecule has 0 fully saturated rings. The summed E-state index contributed by atoms with van der Waals surface area (Å²) in [6, 6.07) is 15.3. The van der Waals surface area contributed by atoms with Gasteiger partial charge in [0, 0.05) is 64.9 Å². The fraction of sp³-hybridized carbons (Fsp3) is 0.158. The number of nitrogens with one attached hydrogen (secondary N) is 1. The molecule has 0 saturated heterocycles. The van der Waals surface area contributed by atoms with Crippen LogP contribution in [0.25, 0.3) is 21.8 Å². The second-order valence-electron chi connectivity index (χ2n) is 5.99. The molecule has 4 heteroatoms. The first kappa shape index (κ1) is 15.1. The van der Waals surface area contributed by atoms with Crippen molar-refractivity contribution in [2.75, 3.05) is 0 Å². The van der Waals surface area contributed by atoms with E-state index < -0.39 is 0 Å². The smallest absolute Gasteiger partial charge is 0.0604 e. The molecule has 116 valence electrons. The minimum Gasteiger partial charge on any atom is -0.361 e. The number of aromatic amines is 1. The molecule has 2 heterocycles. The lowest BCUT2D eigenvalue weighted by atomic mass is 10.0. The molecular weight excluding hydrogens is 415 g/mol. The van der Waals surface area contributed by atoms with Gasteiger partial charge >= 0.3 is 0 Å². The van der Waals surface area contributed by atoms with Gasteiger partial charge in [-0.1, -0.05) is 29.8 Å². The Morgan fingerprint density at radius 1 is 1.09 bits per heavy atom. The highest BCUT2D eigenvalue weighted by Gasteiger charge is 2.16. The standard InChI is InChI=1S/C19H17IN2S/c1-12-7-8-17-16(9-12)14(11-21-17)10-19-13(2)15-5-3-4-6-18(15)22(19)23-20/h3-9,11,21H,10H2,1-2H3. The molecule has 0 radical (unpaired) electrons. The molecule has 0 atom stereocenters. The second-order valence-corrected chi connectivity index (χ2v) is 7.68. The third kappa shape index (κ3) is 2.48. The third-order valence-corrected chi connectivity index (χ3v) is 6.29. The fourth-order valence-corrected chi connectivity index (χ4v) is 5.19. The summed E-state index contributed by atoms with van der Waals surface area (Å²) < 4.78 is 2.36. The number of hydrogen-bond donors (Lipinski definition) is 1. The normalized spacial score (nSPS) is 11.6. The molecule has 0 unspecified atom stereocenters. The first-order valence-corrected chi connectivity index (χ1v) is 11.0. The maximum atomic E-state index is 3.41. The van der Waals surface area contributed by atoms with Crippen molar-refractivity contribution in [1.29, 1.82) is 0 Å². The van der Waals surface area contributed by atoms with E-state index in [1.807, 2.05) is 0 Å². The van der Waals surface area contributed by atoms with Crippen LogP contribution in [0, 0.1) is 13.8 Å². The number of H-pyrrole nitrogens is 1. The largest absolute Gasteiger partial charge is 0.361 e. The average Bonchev–Trinajstić information content (AvgIpc) is 3.08. The number of para-hydroxylation sites is 1. The van der Waals surface area contributed by atoms with Crippen LogP contribution in [0.2, 0.25) is 0 Å². The molecule has 0 aliphatic carbocycles. The summed E-state index contributed by atoms with van der Waals surface area (Å²) in [6.07, 6.45) is 3.10. The average molecular weight is 432 g/mol. The van der Waals surface area contributed by atoms with Crippen LogP contribution in [0.4, 0.5) is 0 Å². The summed E-state index contributed by atoms with van der Waals surface area (Å²) >= 11 is 2.38. The van der Waals surface area contributed by atoms with Crippen molar-refractivity contribution >= 4 is 52.1 Å². The highest BCUT2D eigenvalue weighted by Crippen LogP contribution is 2.34. The van der Waals surface area contributed by atoms with Crippen molar-refractivity contribution in [2.24, 2.45) is 0 Å². The zero-order chi connectivity index (χ0) is 16.0. The van der Waals surface area contributed by atoms with Crippen molar-refractivity contribution < 1.29 is 0 Å². The zero-order valence-electron chi connectivity index (χ0n) is 13.1. The van der Waals surface area contributed by atoms with Crippen LogP contribution in [0.1, 0.15) is 22.4 Å². The molecule has 1 N–H and O–H groups in total. The number of aryl methyl sites for hydroxylation is 2. The van der Waals surface area contributed by atoms with E-state index in [4.69, 9.17) is 0 Å². The Balaban J connectivity index is 1.89. The topological polar surface area (TPSA) is 20.7 Å². The number of aromatic nitrogens is 2. The maximum Gasteiger partial charge on any atom is 0.0604 e. The molecule has 0 saturated carbocycles. The predicted octanol–water partition coefficient (Wildman–Crippen LogP) is 6.18. The van der Waals surface area contributed by atoms with Crippen LogP contribution < -0.4 is 0 Å². The second kappa shape index (κ2) is 5.91. The van der Waals surface area contributed by atoms with E-state index in [1.54, 1.807) is 9.12 Å². The number of hydrogen-bond acceptors (Lipinski definition) is 1. The van der Waals surface area contributed by atoms with E-state index in [2.05, 4.69) is 92.7 Å². The number of halogens is 1. The third-order valence-electron chi connectivity index (χ3n) is 4.55. The van der Waals surface area contributed by atoms with Crippen molar-refractivity contribution in [3.8, 4) is 0 Å². The summed E-state index contributed by atoms with van der Waals surface area (Å²) in [5.74, 6) is 0. The monoisotopic (exact) mass is 432 g/mol. The molecule has 0 bridgehead atoms. The summed E-state index contributed by atoms with van der Waals surface area (Å²) in [5, 5.41) is 2.68. The number of nitrogens with zero attached hydrogens (tertiary/aromatic N) is 1. The minimum atomic E-state index is 0.944. The van der Waals surface area contributed by atoms with Crippen LogP contribution in [0.3, 0.4) is 0 Å². The van der Waals surface area contributed by atoms with Crippen LogP contribution in [-0.4, -0.2) is 8.96 Å². The van der Waals surface area contributed by atoms with Gasteiger partial charge in [-0.2, -0.15) is 0 Å². The SMILES string of the molecule is Cc1ccc2[nH]cc(Cc3c(C)c4ccccc4n3SI)c2c1. The molecule has 2 aromatic carbocycles. The van der Waals surface area contributed by atoms with Gasteiger partial charge in [-0.05, 0) is 43.2 Å². The van der Waals surface area contributed by atoms with Gasteiger partial charge in [0.1, 0.15) is 0 Å². The van der Waals surface area contributed by atoms with Gasteiger partial charge in [0.15, 0.2) is 0 Å². The lowest BCUT2D eigenvalue weighted by Gasteiger charge is -2.07. The molecule has 2 nitrogen and oxygen atoms in total. The Kier molecular flexibility index (Phi) is 3.89. The highest BCUT2D eigenvalue weighted by atomic mass is 127. The number of rotatable bonds is 3. The Bertz CT molecular complexity index is 1010. The van der Waals surface area contributed by atoms with Gasteiger partial charge in [-0.25, -0.2) is 0 Å². The Morgan fingerprint density at radius 2 is 1.91 bits per heavy atom. The lowest BCUT2D eigenvalue weighted by molar-refractivity contribution is 1.07. The quantitative estimate of drug-likeness (QED) is 0.384. The van der Waals surface area contributed by atoms with Crippen molar-refractivity contribution in [1.82, 2.24) is 8.96 Å². The number of benzene rings is 2. The van der Waals surface area contributed by atoms with E-state index in [9.17, 15) is 0 Å². The fourth-order valence-electron chi connectivity index (χ4n) is 3.32. The predicted molar refractivity (Wildman–Crippen MR) is 110 cm³/mol. The Labute approximate surface area is 152 Å².